The van der Waals surface area contributed by atoms with Crippen molar-refractivity contribution in [3.8, 4) is 0 Å². The summed E-state index contributed by atoms with van der Waals surface area (Å²) in [5, 5.41) is 26.0. The van der Waals surface area contributed by atoms with Gasteiger partial charge in [0.15, 0.2) is 18.5 Å². The Labute approximate surface area is 167 Å². The van der Waals surface area contributed by atoms with Crippen LogP contribution in [0.2, 0.25) is 0 Å². The molecule has 0 fully saturated rings. The van der Waals surface area contributed by atoms with Crippen LogP contribution in [0.3, 0.4) is 0 Å². The lowest BCUT2D eigenvalue weighted by atomic mass is 9.70. The Hall–Kier alpha value is -2.37. The van der Waals surface area contributed by atoms with Crippen molar-refractivity contribution < 1.29 is 56.8 Å². The number of halogens is 4. The Morgan fingerprint density at radius 1 is 0.759 bits per heavy atom. The van der Waals surface area contributed by atoms with E-state index in [0.717, 1.165) is 0 Å². The van der Waals surface area contributed by atoms with Crippen LogP contribution in [0.15, 0.2) is 0 Å². The molecule has 0 aromatic rings. The number of Topliss-reactive ketones (excluding diaryl/α,β-unsaturated/α-hetero) is 1. The molecular weight excluding hydrogens is 429 g/mol. The Balaban J connectivity index is 5.80. The van der Waals surface area contributed by atoms with Crippen LogP contribution in [0.1, 0.15) is 44.9 Å². The molecule has 9 nitrogen and oxygen atoms in total. The van der Waals surface area contributed by atoms with Gasteiger partial charge in [-0.25, -0.2) is 27.6 Å². The summed E-state index contributed by atoms with van der Waals surface area (Å²) in [5.74, 6) is -7.92. The first kappa shape index (κ1) is 26.6. The number of carboxylic acid groups (broad SMARTS) is 3. The van der Waals surface area contributed by atoms with Crippen LogP contribution in [0, 0.1) is 5.41 Å². The monoisotopic (exact) mass is 448 g/mol. The summed E-state index contributed by atoms with van der Waals surface area (Å²) in [4.78, 5) is 56.0. The number of rotatable bonds is 15. The van der Waals surface area contributed by atoms with Crippen LogP contribution in [0.5, 0.6) is 0 Å². The second-order valence-corrected chi connectivity index (χ2v) is 6.52. The highest BCUT2D eigenvalue weighted by Crippen LogP contribution is 2.39. The Kier molecular flexibility index (Phi) is 11.2. The van der Waals surface area contributed by atoms with E-state index in [0.29, 0.717) is 0 Å². The minimum absolute atomic E-state index is 0.631. The van der Waals surface area contributed by atoms with Crippen LogP contribution in [0.4, 0.5) is 13.2 Å². The first-order chi connectivity index (χ1) is 13.4. The summed E-state index contributed by atoms with van der Waals surface area (Å²) >= 11 is 4.84. The third kappa shape index (κ3) is 9.11. The van der Waals surface area contributed by atoms with Crippen LogP contribution in [0.25, 0.3) is 0 Å². The zero-order valence-corrected chi connectivity index (χ0v) is 15.7. The first-order valence-electron chi connectivity index (χ1n) is 8.31. The molecule has 0 heterocycles. The van der Waals surface area contributed by atoms with Crippen molar-refractivity contribution in [1.29, 1.82) is 0 Å². The zero-order chi connectivity index (χ0) is 22.8. The van der Waals surface area contributed by atoms with Crippen molar-refractivity contribution >= 4 is 41.5 Å². The van der Waals surface area contributed by atoms with Gasteiger partial charge in [0.05, 0.1) is 0 Å². The molecular formula is C16H20ClF3O9. The Morgan fingerprint density at radius 2 is 1.07 bits per heavy atom. The van der Waals surface area contributed by atoms with E-state index in [-0.39, 0.29) is 0 Å². The second kappa shape index (κ2) is 12.2. The number of hydrogen-bond acceptors (Lipinski definition) is 6. The molecule has 0 aliphatic rings. The molecule has 0 bridgehead atoms. The third-order valence-corrected chi connectivity index (χ3v) is 4.59. The number of aliphatic carboxylic acids is 3. The van der Waals surface area contributed by atoms with E-state index in [1.54, 1.807) is 0 Å². The predicted octanol–water partition coefficient (Wildman–Crippen LogP) is 2.24. The van der Waals surface area contributed by atoms with E-state index in [9.17, 15) is 37.1 Å². The lowest BCUT2D eigenvalue weighted by molar-refractivity contribution is -0.147. The van der Waals surface area contributed by atoms with E-state index >= 15 is 0 Å². The molecule has 3 atom stereocenters. The minimum atomic E-state index is -2.46. The van der Waals surface area contributed by atoms with Crippen molar-refractivity contribution in [2.45, 2.75) is 63.5 Å². The van der Waals surface area contributed by atoms with Gasteiger partial charge in [-0.2, -0.15) is 0 Å². The van der Waals surface area contributed by atoms with Crippen LogP contribution in [-0.2, 0) is 28.3 Å². The molecule has 0 spiro atoms. The van der Waals surface area contributed by atoms with Gasteiger partial charge in [-0.05, 0) is 38.5 Å². The van der Waals surface area contributed by atoms with E-state index in [1.807, 2.05) is 0 Å². The number of carboxylic acids is 3. The predicted molar refractivity (Wildman–Crippen MR) is 89.3 cm³/mol. The smallest absolute Gasteiger partial charge is 0.338 e. The molecule has 0 radical (unpaired) electrons. The van der Waals surface area contributed by atoms with E-state index in [2.05, 4.69) is 4.29 Å². The third-order valence-electron chi connectivity index (χ3n) is 4.42. The van der Waals surface area contributed by atoms with Gasteiger partial charge >= 0.3 is 23.9 Å². The number of hydrogen-bond donors (Lipinski definition) is 3. The number of ketones is 1. The van der Waals surface area contributed by atoms with Gasteiger partial charge in [-0.15, -0.1) is 0 Å². The first-order valence-corrected chi connectivity index (χ1v) is 8.62. The van der Waals surface area contributed by atoms with Gasteiger partial charge in [-0.3, -0.25) is 9.59 Å². The highest BCUT2D eigenvalue weighted by molar-refractivity contribution is 6.15. The summed E-state index contributed by atoms with van der Waals surface area (Å²) in [6, 6.07) is 0. The molecule has 166 valence electrons. The van der Waals surface area contributed by atoms with Crippen molar-refractivity contribution in [3.05, 3.63) is 0 Å². The SMILES string of the molecule is O=C(CC(=O)C(CCC(F)C(=O)O)(CCC(F)C(=O)O)CCC(F)C(=O)O)OCl. The quantitative estimate of drug-likeness (QED) is 0.320. The molecule has 0 saturated heterocycles. The highest BCUT2D eigenvalue weighted by Gasteiger charge is 2.41. The van der Waals surface area contributed by atoms with Gasteiger partial charge in [0.25, 0.3) is 0 Å². The van der Waals surface area contributed by atoms with Crippen molar-refractivity contribution in [2.24, 2.45) is 5.41 Å². The van der Waals surface area contributed by atoms with Gasteiger partial charge in [0, 0.05) is 5.41 Å². The van der Waals surface area contributed by atoms with Gasteiger partial charge in [0.2, 0.25) is 0 Å². The average molecular weight is 449 g/mol. The molecule has 0 amide bonds. The zero-order valence-electron chi connectivity index (χ0n) is 15.0. The summed E-state index contributed by atoms with van der Waals surface area (Å²) in [6.45, 7) is 0. The largest absolute Gasteiger partial charge is 0.479 e. The maximum Gasteiger partial charge on any atom is 0.338 e. The minimum Gasteiger partial charge on any atom is -0.479 e. The van der Waals surface area contributed by atoms with E-state index < -0.39 is 98.5 Å². The fraction of sp³-hybridized carbons (Fsp3) is 0.688. The van der Waals surface area contributed by atoms with Gasteiger partial charge in [-0.1, -0.05) is 0 Å². The molecule has 13 heteroatoms. The molecule has 3 unspecified atom stereocenters. The topological polar surface area (TPSA) is 155 Å². The molecule has 0 aromatic heterocycles. The normalized spacial score (nSPS) is 16.1. The number of carbonyl (C=O) groups excluding carboxylic acids is 2. The average Bonchev–Trinajstić information content (AvgIpc) is 2.65. The van der Waals surface area contributed by atoms with E-state index in [4.69, 9.17) is 27.2 Å². The van der Waals surface area contributed by atoms with Crippen molar-refractivity contribution in [2.75, 3.05) is 0 Å². The molecule has 0 aliphatic heterocycles. The lowest BCUT2D eigenvalue weighted by Gasteiger charge is -2.33. The van der Waals surface area contributed by atoms with E-state index in [1.165, 1.54) is 0 Å². The number of carbonyl (C=O) groups is 5. The summed E-state index contributed by atoms with van der Waals surface area (Å²) < 4.78 is 44.4. The maximum absolute atomic E-state index is 13.5. The van der Waals surface area contributed by atoms with Gasteiger partial charge in [0.1, 0.15) is 24.1 Å². The highest BCUT2D eigenvalue weighted by atomic mass is 35.5. The fourth-order valence-electron chi connectivity index (χ4n) is 2.72. The standard InChI is InChI=1S/C16H20ClF3O9/c17-29-12(22)7-11(21)16(4-1-8(18)13(23)24,5-2-9(19)14(25)26)6-3-10(20)15(27)28/h8-10H,1-7H2,(H,23,24)(H,25,26)(H,27,28). The summed E-state index contributed by atoms with van der Waals surface area (Å²) in [6.07, 6.45) is -12.7. The molecule has 0 aliphatic carbocycles. The molecule has 3 N–H and O–H groups in total. The Bertz CT molecular complexity index is 569. The maximum atomic E-state index is 13.5. The molecule has 29 heavy (non-hydrogen) atoms. The lowest BCUT2D eigenvalue weighted by Crippen LogP contribution is -2.37. The van der Waals surface area contributed by atoms with Crippen LogP contribution >= 0.6 is 11.9 Å². The molecule has 0 saturated carbocycles. The van der Waals surface area contributed by atoms with Crippen molar-refractivity contribution in [1.82, 2.24) is 0 Å². The van der Waals surface area contributed by atoms with Gasteiger partial charge < -0.3 is 19.6 Å². The van der Waals surface area contributed by atoms with Crippen molar-refractivity contribution in [3.63, 3.8) is 0 Å². The van der Waals surface area contributed by atoms with Crippen LogP contribution in [-0.4, -0.2) is 63.5 Å². The fourth-order valence-corrected chi connectivity index (χ4v) is 2.77. The second-order valence-electron chi connectivity index (χ2n) is 6.36. The summed E-state index contributed by atoms with van der Waals surface area (Å²) in [7, 11) is 0. The number of alkyl halides is 3. The summed E-state index contributed by atoms with van der Waals surface area (Å²) in [5.41, 5.74) is -1.97. The Morgan fingerprint density at radius 3 is 1.31 bits per heavy atom. The van der Waals surface area contributed by atoms with Crippen LogP contribution < -0.4 is 0 Å². The molecule has 0 aromatic carbocycles. The molecule has 0 rings (SSSR count).